The molecule has 1 N–H and O–H groups in total. The zero-order valence-corrected chi connectivity index (χ0v) is 13.6. The molecular formula is C14H13IN2O4. The first-order chi connectivity index (χ1) is 10.0. The zero-order chi connectivity index (χ0) is 15.4. The van der Waals surface area contributed by atoms with Crippen LogP contribution in [0.5, 0.6) is 0 Å². The molecular weight excluding hydrogens is 387 g/mol. The molecule has 21 heavy (non-hydrogen) atoms. The average molecular weight is 400 g/mol. The number of anilines is 1. The maximum Gasteiger partial charge on any atom is 0.345 e. The molecule has 6 nitrogen and oxygen atoms in total. The van der Waals surface area contributed by atoms with Gasteiger partial charge >= 0.3 is 5.97 Å². The molecule has 7 heteroatoms. The van der Waals surface area contributed by atoms with Crippen LogP contribution in [0.2, 0.25) is 0 Å². The highest BCUT2D eigenvalue weighted by Crippen LogP contribution is 2.22. The standard InChI is InChI=1S/C14H13IN2O4/c1-3-20-14(19)11-8(2)17-21-13(11)16-12(18)9-6-4-5-7-10(9)15/h4-7H,3H2,1-2H3,(H,16,18). The molecule has 0 bridgehead atoms. The molecule has 0 atom stereocenters. The third kappa shape index (κ3) is 3.41. The molecule has 1 aromatic carbocycles. The lowest BCUT2D eigenvalue weighted by molar-refractivity contribution is 0.0526. The number of halogens is 1. The van der Waals surface area contributed by atoms with Gasteiger partial charge in [0, 0.05) is 3.57 Å². The van der Waals surface area contributed by atoms with Crippen LogP contribution in [-0.4, -0.2) is 23.6 Å². The molecule has 0 fully saturated rings. The van der Waals surface area contributed by atoms with Gasteiger partial charge in [-0.25, -0.2) is 4.79 Å². The van der Waals surface area contributed by atoms with E-state index >= 15 is 0 Å². The topological polar surface area (TPSA) is 81.4 Å². The van der Waals surface area contributed by atoms with Crippen molar-refractivity contribution in [3.8, 4) is 0 Å². The number of benzene rings is 1. The summed E-state index contributed by atoms with van der Waals surface area (Å²) in [6, 6.07) is 7.09. The molecule has 0 aliphatic heterocycles. The van der Waals surface area contributed by atoms with Crippen LogP contribution in [0.1, 0.15) is 33.3 Å². The Balaban J connectivity index is 2.27. The van der Waals surface area contributed by atoms with E-state index in [1.165, 1.54) is 0 Å². The summed E-state index contributed by atoms with van der Waals surface area (Å²) < 4.78 is 10.7. The van der Waals surface area contributed by atoms with Gasteiger partial charge < -0.3 is 9.26 Å². The molecule has 0 aliphatic rings. The zero-order valence-electron chi connectivity index (χ0n) is 11.5. The van der Waals surface area contributed by atoms with Crippen molar-refractivity contribution in [2.45, 2.75) is 13.8 Å². The fraction of sp³-hybridized carbons (Fsp3) is 0.214. The van der Waals surface area contributed by atoms with Crippen LogP contribution >= 0.6 is 22.6 Å². The predicted octanol–water partition coefficient (Wildman–Crippen LogP) is 3.02. The highest BCUT2D eigenvalue weighted by molar-refractivity contribution is 14.1. The van der Waals surface area contributed by atoms with Crippen LogP contribution in [0.25, 0.3) is 0 Å². The van der Waals surface area contributed by atoms with Gasteiger partial charge in [0.25, 0.3) is 5.91 Å². The number of esters is 1. The van der Waals surface area contributed by atoms with Crippen molar-refractivity contribution in [2.75, 3.05) is 11.9 Å². The molecule has 0 saturated carbocycles. The lowest BCUT2D eigenvalue weighted by Crippen LogP contribution is -2.16. The molecule has 1 amide bonds. The maximum atomic E-state index is 12.2. The Hall–Kier alpha value is -1.90. The van der Waals surface area contributed by atoms with Crippen molar-refractivity contribution in [1.82, 2.24) is 5.16 Å². The molecule has 2 aromatic rings. The van der Waals surface area contributed by atoms with E-state index in [1.54, 1.807) is 26.0 Å². The summed E-state index contributed by atoms with van der Waals surface area (Å²) in [5.74, 6) is -0.952. The highest BCUT2D eigenvalue weighted by atomic mass is 127. The minimum Gasteiger partial charge on any atom is -0.462 e. The summed E-state index contributed by atoms with van der Waals surface area (Å²) in [6.07, 6.45) is 0. The van der Waals surface area contributed by atoms with Crippen LogP contribution < -0.4 is 5.32 Å². The number of ether oxygens (including phenoxy) is 1. The minimum atomic E-state index is -0.575. The lowest BCUT2D eigenvalue weighted by Gasteiger charge is -2.06. The first kappa shape index (κ1) is 15.5. The third-order valence-corrected chi connectivity index (χ3v) is 3.63. The van der Waals surface area contributed by atoms with Gasteiger partial charge in [-0.1, -0.05) is 17.3 Å². The number of hydrogen-bond donors (Lipinski definition) is 1. The van der Waals surface area contributed by atoms with Gasteiger partial charge in [0.1, 0.15) is 5.56 Å². The largest absolute Gasteiger partial charge is 0.462 e. The molecule has 0 unspecified atom stereocenters. The fourth-order valence-corrected chi connectivity index (χ4v) is 2.35. The number of carbonyl (C=O) groups excluding carboxylic acids is 2. The number of aryl methyl sites for hydroxylation is 1. The number of amides is 1. The van der Waals surface area contributed by atoms with Crippen molar-refractivity contribution >= 4 is 40.4 Å². The summed E-state index contributed by atoms with van der Waals surface area (Å²) in [4.78, 5) is 24.1. The molecule has 2 rings (SSSR count). The summed E-state index contributed by atoms with van der Waals surface area (Å²) in [6.45, 7) is 3.54. The average Bonchev–Trinajstić information content (AvgIpc) is 2.80. The monoisotopic (exact) mass is 400 g/mol. The first-order valence-electron chi connectivity index (χ1n) is 6.23. The van der Waals surface area contributed by atoms with Crippen LogP contribution in [-0.2, 0) is 4.74 Å². The molecule has 1 heterocycles. The molecule has 0 spiro atoms. The molecule has 0 radical (unpaired) electrons. The Labute approximate surface area is 135 Å². The Kier molecular flexibility index (Phi) is 4.94. The maximum absolute atomic E-state index is 12.2. The van der Waals surface area contributed by atoms with E-state index in [2.05, 4.69) is 33.1 Å². The second kappa shape index (κ2) is 6.70. The molecule has 1 aromatic heterocycles. The third-order valence-electron chi connectivity index (χ3n) is 2.69. The van der Waals surface area contributed by atoms with Crippen LogP contribution in [0.15, 0.2) is 28.8 Å². The molecule has 0 aliphatic carbocycles. The van der Waals surface area contributed by atoms with Crippen molar-refractivity contribution < 1.29 is 18.8 Å². The molecule has 110 valence electrons. The Bertz CT molecular complexity index is 681. The van der Waals surface area contributed by atoms with E-state index in [1.807, 2.05) is 12.1 Å². The summed E-state index contributed by atoms with van der Waals surface area (Å²) in [5.41, 5.74) is 0.990. The SMILES string of the molecule is CCOC(=O)c1c(C)noc1NC(=O)c1ccccc1I. The van der Waals surface area contributed by atoms with Crippen LogP contribution in [0.4, 0.5) is 5.88 Å². The first-order valence-corrected chi connectivity index (χ1v) is 7.31. The number of nitrogens with zero attached hydrogens (tertiary/aromatic N) is 1. The van der Waals surface area contributed by atoms with E-state index in [0.29, 0.717) is 11.3 Å². The Morgan fingerprint density at radius 2 is 2.10 bits per heavy atom. The van der Waals surface area contributed by atoms with Crippen molar-refractivity contribution in [3.05, 3.63) is 44.7 Å². The van der Waals surface area contributed by atoms with Gasteiger partial charge in [-0.05, 0) is 48.6 Å². The van der Waals surface area contributed by atoms with E-state index in [0.717, 1.165) is 3.57 Å². The molecule has 0 saturated heterocycles. The number of rotatable bonds is 4. The van der Waals surface area contributed by atoms with Crippen LogP contribution in [0.3, 0.4) is 0 Å². The quantitative estimate of drug-likeness (QED) is 0.631. The lowest BCUT2D eigenvalue weighted by atomic mass is 10.2. The fourth-order valence-electron chi connectivity index (χ4n) is 1.71. The van der Waals surface area contributed by atoms with Gasteiger partial charge in [0.15, 0.2) is 0 Å². The summed E-state index contributed by atoms with van der Waals surface area (Å²) >= 11 is 2.06. The van der Waals surface area contributed by atoms with E-state index in [9.17, 15) is 9.59 Å². The smallest absolute Gasteiger partial charge is 0.345 e. The summed E-state index contributed by atoms with van der Waals surface area (Å²) in [5, 5.41) is 6.25. The number of carbonyl (C=O) groups is 2. The number of aromatic nitrogens is 1. The van der Waals surface area contributed by atoms with Crippen molar-refractivity contribution in [2.24, 2.45) is 0 Å². The van der Waals surface area contributed by atoms with Gasteiger partial charge in [0.05, 0.1) is 17.9 Å². The van der Waals surface area contributed by atoms with Gasteiger partial charge in [-0.2, -0.15) is 0 Å². The van der Waals surface area contributed by atoms with Crippen molar-refractivity contribution in [1.29, 1.82) is 0 Å². The second-order valence-electron chi connectivity index (χ2n) is 4.13. The van der Waals surface area contributed by atoms with E-state index in [-0.39, 0.29) is 24.0 Å². The number of nitrogens with one attached hydrogen (secondary N) is 1. The summed E-state index contributed by atoms with van der Waals surface area (Å²) in [7, 11) is 0. The van der Waals surface area contributed by atoms with Crippen molar-refractivity contribution in [3.63, 3.8) is 0 Å². The predicted molar refractivity (Wildman–Crippen MR) is 84.3 cm³/mol. The second-order valence-corrected chi connectivity index (χ2v) is 5.29. The minimum absolute atomic E-state index is 0.00407. The van der Waals surface area contributed by atoms with Gasteiger partial charge in [-0.3, -0.25) is 10.1 Å². The number of hydrogen-bond acceptors (Lipinski definition) is 5. The van der Waals surface area contributed by atoms with Gasteiger partial charge in [-0.15, -0.1) is 0 Å². The van der Waals surface area contributed by atoms with Crippen LogP contribution in [0, 0.1) is 10.5 Å². The van der Waals surface area contributed by atoms with E-state index < -0.39 is 5.97 Å². The normalized spacial score (nSPS) is 10.2. The highest BCUT2D eigenvalue weighted by Gasteiger charge is 2.24. The Morgan fingerprint density at radius 3 is 2.76 bits per heavy atom. The van der Waals surface area contributed by atoms with Gasteiger partial charge in [0.2, 0.25) is 5.88 Å². The Morgan fingerprint density at radius 1 is 1.38 bits per heavy atom. The van der Waals surface area contributed by atoms with E-state index in [4.69, 9.17) is 9.26 Å².